The molecule has 4 heterocycles. The van der Waals surface area contributed by atoms with E-state index in [1.165, 1.54) is 0 Å². The first-order valence-electron chi connectivity index (χ1n) is 9.79. The van der Waals surface area contributed by atoms with E-state index in [0.29, 0.717) is 36.9 Å². The fraction of sp³-hybridized carbons (Fsp3) is 0.227. The summed E-state index contributed by atoms with van der Waals surface area (Å²) in [6.45, 7) is 1.22. The second kappa shape index (κ2) is 8.10. The Morgan fingerprint density at radius 3 is 2.63 bits per heavy atom. The molecule has 0 amide bonds. The van der Waals surface area contributed by atoms with Crippen molar-refractivity contribution >= 4 is 0 Å². The normalized spacial score (nSPS) is 19.2. The summed E-state index contributed by atoms with van der Waals surface area (Å²) in [5, 5.41) is 14.3. The van der Waals surface area contributed by atoms with Gasteiger partial charge in [0.2, 0.25) is 11.7 Å². The monoisotopic (exact) mass is 400 g/mol. The smallest absolute Gasteiger partial charge is 0.244 e. The third-order valence-corrected chi connectivity index (χ3v) is 5.20. The molecule has 1 fully saturated rings. The molecule has 5 rings (SSSR count). The number of hydrogen-bond donors (Lipinski definition) is 1. The molecule has 0 spiro atoms. The molecule has 1 aromatic carbocycles. The molecule has 0 aliphatic carbocycles. The standard InChI is InChI=1S/C22H20N6O2/c29-17-11-20(22-26-21(27-30-22)19-12-23-9-10-25-19)28(14-17)13-15-4-6-16(7-5-15)18-3-1-2-8-24-18/h1-10,12,17,20,29H,11,13-14H2/t17-,20+/m1/s1. The fourth-order valence-corrected chi connectivity index (χ4v) is 3.75. The number of pyridine rings is 1. The van der Waals surface area contributed by atoms with Gasteiger partial charge in [-0.1, -0.05) is 35.5 Å². The minimum atomic E-state index is -0.436. The van der Waals surface area contributed by atoms with Crippen LogP contribution < -0.4 is 0 Å². The zero-order valence-electron chi connectivity index (χ0n) is 16.2. The minimum Gasteiger partial charge on any atom is -0.392 e. The number of rotatable bonds is 5. The lowest BCUT2D eigenvalue weighted by molar-refractivity contribution is 0.169. The Kier molecular flexibility index (Phi) is 5.00. The van der Waals surface area contributed by atoms with Crippen LogP contribution >= 0.6 is 0 Å². The topological polar surface area (TPSA) is 101 Å². The summed E-state index contributed by atoms with van der Waals surface area (Å²) >= 11 is 0. The van der Waals surface area contributed by atoms with Gasteiger partial charge in [0.15, 0.2) is 0 Å². The average molecular weight is 400 g/mol. The van der Waals surface area contributed by atoms with E-state index in [-0.39, 0.29) is 6.04 Å². The predicted octanol–water partition coefficient (Wildman–Crippen LogP) is 2.90. The van der Waals surface area contributed by atoms with Gasteiger partial charge >= 0.3 is 0 Å². The Balaban J connectivity index is 1.33. The van der Waals surface area contributed by atoms with Crippen LogP contribution in [0.5, 0.6) is 0 Å². The van der Waals surface area contributed by atoms with Gasteiger partial charge in [-0.25, -0.2) is 4.98 Å². The van der Waals surface area contributed by atoms with Gasteiger partial charge in [-0.05, 0) is 24.1 Å². The summed E-state index contributed by atoms with van der Waals surface area (Å²) < 4.78 is 5.51. The van der Waals surface area contributed by atoms with E-state index in [0.717, 1.165) is 16.8 Å². The summed E-state index contributed by atoms with van der Waals surface area (Å²) in [7, 11) is 0. The lowest BCUT2D eigenvalue weighted by Crippen LogP contribution is -2.24. The van der Waals surface area contributed by atoms with E-state index >= 15 is 0 Å². The molecule has 0 unspecified atom stereocenters. The Morgan fingerprint density at radius 2 is 1.87 bits per heavy atom. The number of hydrogen-bond acceptors (Lipinski definition) is 8. The van der Waals surface area contributed by atoms with Crippen LogP contribution in [-0.4, -0.2) is 47.7 Å². The molecule has 0 radical (unpaired) electrons. The summed E-state index contributed by atoms with van der Waals surface area (Å²) in [6, 6.07) is 14.0. The summed E-state index contributed by atoms with van der Waals surface area (Å²) in [5.74, 6) is 0.886. The van der Waals surface area contributed by atoms with Crippen molar-refractivity contribution in [2.45, 2.75) is 25.1 Å². The van der Waals surface area contributed by atoms with Crippen molar-refractivity contribution in [2.75, 3.05) is 6.54 Å². The zero-order chi connectivity index (χ0) is 20.3. The molecule has 0 saturated carbocycles. The molecule has 150 valence electrons. The van der Waals surface area contributed by atoms with Crippen LogP contribution in [0, 0.1) is 0 Å². The lowest BCUT2D eigenvalue weighted by Gasteiger charge is -2.21. The first-order valence-corrected chi connectivity index (χ1v) is 9.79. The predicted molar refractivity (Wildman–Crippen MR) is 109 cm³/mol. The Bertz CT molecular complexity index is 1100. The number of aromatic nitrogens is 5. The maximum absolute atomic E-state index is 10.3. The van der Waals surface area contributed by atoms with E-state index in [1.54, 1.807) is 24.8 Å². The largest absolute Gasteiger partial charge is 0.392 e. The van der Waals surface area contributed by atoms with Crippen LogP contribution in [0.15, 0.2) is 71.8 Å². The van der Waals surface area contributed by atoms with Gasteiger partial charge in [-0.3, -0.25) is 14.9 Å². The van der Waals surface area contributed by atoms with E-state index in [1.807, 2.05) is 18.2 Å². The number of likely N-dealkylation sites (tertiary alicyclic amines) is 1. The molecule has 4 aromatic rings. The summed E-state index contributed by atoms with van der Waals surface area (Å²) in [6.07, 6.45) is 6.69. The van der Waals surface area contributed by atoms with Gasteiger partial charge in [0.1, 0.15) is 5.69 Å². The molecule has 1 N–H and O–H groups in total. The Labute approximate surface area is 173 Å². The van der Waals surface area contributed by atoms with Gasteiger partial charge < -0.3 is 9.63 Å². The van der Waals surface area contributed by atoms with E-state index in [4.69, 9.17) is 4.52 Å². The van der Waals surface area contributed by atoms with Crippen LogP contribution in [-0.2, 0) is 6.54 Å². The first-order chi connectivity index (χ1) is 14.8. The second-order valence-electron chi connectivity index (χ2n) is 7.29. The third kappa shape index (κ3) is 3.83. The maximum Gasteiger partial charge on any atom is 0.244 e. The number of aliphatic hydroxyl groups is 1. The van der Waals surface area contributed by atoms with Gasteiger partial charge in [0.25, 0.3) is 0 Å². The molecule has 1 saturated heterocycles. The van der Waals surface area contributed by atoms with Crippen molar-refractivity contribution in [3.63, 3.8) is 0 Å². The van der Waals surface area contributed by atoms with E-state index in [2.05, 4.69) is 54.3 Å². The van der Waals surface area contributed by atoms with Crippen LogP contribution in [0.25, 0.3) is 22.8 Å². The molecule has 3 aromatic heterocycles. The number of aliphatic hydroxyl groups excluding tert-OH is 1. The van der Waals surface area contributed by atoms with Crippen molar-refractivity contribution < 1.29 is 9.63 Å². The van der Waals surface area contributed by atoms with Crippen molar-refractivity contribution in [1.29, 1.82) is 0 Å². The van der Waals surface area contributed by atoms with Gasteiger partial charge in [-0.2, -0.15) is 4.98 Å². The molecule has 30 heavy (non-hydrogen) atoms. The second-order valence-corrected chi connectivity index (χ2v) is 7.29. The third-order valence-electron chi connectivity index (χ3n) is 5.20. The summed E-state index contributed by atoms with van der Waals surface area (Å²) in [5.41, 5.74) is 3.72. The molecular formula is C22H20N6O2. The van der Waals surface area contributed by atoms with Crippen molar-refractivity contribution in [2.24, 2.45) is 0 Å². The highest BCUT2D eigenvalue weighted by molar-refractivity contribution is 5.59. The molecule has 2 atom stereocenters. The number of nitrogens with zero attached hydrogens (tertiary/aromatic N) is 6. The summed E-state index contributed by atoms with van der Waals surface area (Å²) in [4.78, 5) is 19.3. The van der Waals surface area contributed by atoms with Crippen LogP contribution in [0.3, 0.4) is 0 Å². The Hall–Kier alpha value is -3.49. The Morgan fingerprint density at radius 1 is 1.00 bits per heavy atom. The van der Waals surface area contributed by atoms with Crippen molar-refractivity contribution in [3.8, 4) is 22.8 Å². The van der Waals surface area contributed by atoms with E-state index < -0.39 is 6.10 Å². The molecule has 1 aliphatic rings. The van der Waals surface area contributed by atoms with Crippen LogP contribution in [0.2, 0.25) is 0 Å². The highest BCUT2D eigenvalue weighted by atomic mass is 16.5. The maximum atomic E-state index is 10.3. The number of β-amino-alcohol motifs (C(OH)–C–C–N with tert-alkyl or cyclic N) is 1. The quantitative estimate of drug-likeness (QED) is 0.546. The highest BCUT2D eigenvalue weighted by Crippen LogP contribution is 2.33. The lowest BCUT2D eigenvalue weighted by atomic mass is 10.1. The SMILES string of the molecule is O[C@@H]1C[C@@H](c2nc(-c3cnccn3)no2)N(Cc2ccc(-c3ccccn3)cc2)C1. The van der Waals surface area contributed by atoms with Crippen molar-refractivity contribution in [3.05, 3.63) is 78.7 Å². The van der Waals surface area contributed by atoms with Crippen LogP contribution in [0.4, 0.5) is 0 Å². The molecule has 8 heteroatoms. The number of benzene rings is 1. The van der Waals surface area contributed by atoms with Gasteiger partial charge in [0.05, 0.1) is 24.0 Å². The minimum absolute atomic E-state index is 0.145. The highest BCUT2D eigenvalue weighted by Gasteiger charge is 2.36. The fourth-order valence-electron chi connectivity index (χ4n) is 3.75. The van der Waals surface area contributed by atoms with Crippen LogP contribution in [0.1, 0.15) is 23.9 Å². The van der Waals surface area contributed by atoms with Gasteiger partial charge in [0, 0.05) is 37.2 Å². The van der Waals surface area contributed by atoms with Crippen molar-refractivity contribution in [1.82, 2.24) is 30.0 Å². The van der Waals surface area contributed by atoms with Gasteiger partial charge in [-0.15, -0.1) is 0 Å². The first kappa shape index (κ1) is 18.5. The molecule has 1 aliphatic heterocycles. The average Bonchev–Trinajstić information content (AvgIpc) is 3.42. The molecule has 0 bridgehead atoms. The zero-order valence-corrected chi connectivity index (χ0v) is 16.2. The van der Waals surface area contributed by atoms with E-state index in [9.17, 15) is 5.11 Å². The molecular weight excluding hydrogens is 380 g/mol. The molecule has 8 nitrogen and oxygen atoms in total.